The van der Waals surface area contributed by atoms with E-state index < -0.39 is 0 Å². The third kappa shape index (κ3) is 2.97. The average Bonchev–Trinajstić information content (AvgIpc) is 2.87. The molecule has 0 bridgehead atoms. The van der Waals surface area contributed by atoms with Crippen LogP contribution in [-0.4, -0.2) is 11.2 Å². The lowest BCUT2D eigenvalue weighted by Crippen LogP contribution is -1.99. The van der Waals surface area contributed by atoms with Gasteiger partial charge >= 0.3 is 0 Å². The Morgan fingerprint density at radius 2 is 2.10 bits per heavy atom. The molecular formula is C16H16N2S2. The lowest BCUT2D eigenvalue weighted by molar-refractivity contribution is 1.14. The van der Waals surface area contributed by atoms with E-state index in [1.807, 2.05) is 0 Å². The minimum atomic E-state index is 0.849. The smallest absolute Gasteiger partial charge is 0.150 e. The Morgan fingerprint density at radius 1 is 1.20 bits per heavy atom. The Morgan fingerprint density at radius 3 is 2.90 bits per heavy atom. The third-order valence-electron chi connectivity index (χ3n) is 3.12. The summed E-state index contributed by atoms with van der Waals surface area (Å²) in [4.78, 5) is 4.56. The maximum absolute atomic E-state index is 4.56. The van der Waals surface area contributed by atoms with Gasteiger partial charge in [-0.1, -0.05) is 41.6 Å². The molecule has 1 N–H and O–H groups in total. The van der Waals surface area contributed by atoms with Gasteiger partial charge in [0.25, 0.3) is 0 Å². The Balaban J connectivity index is 1.77. The van der Waals surface area contributed by atoms with Crippen molar-refractivity contribution < 1.29 is 0 Å². The lowest BCUT2D eigenvalue weighted by atomic mass is 10.1. The lowest BCUT2D eigenvalue weighted by Gasteiger charge is -2.07. The van der Waals surface area contributed by atoms with Crippen molar-refractivity contribution in [2.75, 3.05) is 11.6 Å². The molecule has 0 amide bonds. The summed E-state index contributed by atoms with van der Waals surface area (Å²) in [5.41, 5.74) is 4.83. The molecule has 0 atom stereocenters. The first-order valence-corrected chi connectivity index (χ1v) is 8.53. The molecular weight excluding hydrogens is 284 g/mol. The first kappa shape index (κ1) is 13.5. The Hall–Kier alpha value is -1.52. The summed E-state index contributed by atoms with van der Waals surface area (Å²) in [5.74, 6) is 0. The van der Waals surface area contributed by atoms with E-state index in [2.05, 4.69) is 65.9 Å². The number of rotatable bonds is 4. The van der Waals surface area contributed by atoms with E-state index in [0.29, 0.717) is 0 Å². The maximum Gasteiger partial charge on any atom is 0.150 e. The van der Waals surface area contributed by atoms with E-state index in [0.717, 1.165) is 22.1 Å². The van der Waals surface area contributed by atoms with E-state index in [4.69, 9.17) is 0 Å². The Kier molecular flexibility index (Phi) is 3.94. The number of nitrogens with zero attached hydrogens (tertiary/aromatic N) is 1. The number of anilines is 1. The number of aryl methyl sites for hydroxylation is 1. The normalized spacial score (nSPS) is 10.9. The minimum absolute atomic E-state index is 0.849. The van der Waals surface area contributed by atoms with Crippen LogP contribution in [0.1, 0.15) is 11.1 Å². The number of fused-ring (bicyclic) bond motifs is 1. The number of nitrogens with one attached hydrogen (secondary N) is 1. The number of aromatic nitrogens is 1. The van der Waals surface area contributed by atoms with Crippen molar-refractivity contribution >= 4 is 39.0 Å². The summed E-state index contributed by atoms with van der Waals surface area (Å²) >= 11 is 3.45. The molecule has 0 radical (unpaired) electrons. The first-order valence-electron chi connectivity index (χ1n) is 6.48. The van der Waals surface area contributed by atoms with Gasteiger partial charge in [0.1, 0.15) is 0 Å². The maximum atomic E-state index is 4.56. The second kappa shape index (κ2) is 5.85. The van der Waals surface area contributed by atoms with Crippen LogP contribution in [0.25, 0.3) is 10.2 Å². The fourth-order valence-corrected chi connectivity index (χ4v) is 3.66. The summed E-state index contributed by atoms with van der Waals surface area (Å²) in [7, 11) is 0. The Bertz CT molecular complexity index is 734. The standard InChI is InChI=1S/C16H16N2S2/c1-11-4-3-5-12(8-11)10-17-13-6-7-14-15(9-13)20-16(18-14)19-2/h3-9,17H,10H2,1-2H3. The van der Waals surface area contributed by atoms with Gasteiger partial charge in [-0.05, 0) is 36.9 Å². The van der Waals surface area contributed by atoms with Gasteiger partial charge in [-0.25, -0.2) is 4.98 Å². The molecule has 1 aromatic heterocycles. The van der Waals surface area contributed by atoms with Crippen LogP contribution in [0.5, 0.6) is 0 Å². The molecule has 4 heteroatoms. The topological polar surface area (TPSA) is 24.9 Å². The fourth-order valence-electron chi connectivity index (χ4n) is 2.13. The quantitative estimate of drug-likeness (QED) is 0.691. The molecule has 0 unspecified atom stereocenters. The van der Waals surface area contributed by atoms with Gasteiger partial charge in [-0.15, -0.1) is 11.3 Å². The molecule has 2 aromatic carbocycles. The van der Waals surface area contributed by atoms with Gasteiger partial charge in [0.15, 0.2) is 4.34 Å². The zero-order valence-electron chi connectivity index (χ0n) is 11.5. The number of thiazole rings is 1. The summed E-state index contributed by atoms with van der Waals surface area (Å²) in [5, 5.41) is 3.48. The summed E-state index contributed by atoms with van der Waals surface area (Å²) in [6.45, 7) is 2.97. The molecule has 0 aliphatic heterocycles. The molecule has 2 nitrogen and oxygen atoms in total. The monoisotopic (exact) mass is 300 g/mol. The molecule has 20 heavy (non-hydrogen) atoms. The average molecular weight is 300 g/mol. The molecule has 0 aliphatic rings. The summed E-state index contributed by atoms with van der Waals surface area (Å²) < 4.78 is 2.36. The molecule has 0 aliphatic carbocycles. The van der Waals surface area contributed by atoms with Gasteiger partial charge in [0.2, 0.25) is 0 Å². The zero-order chi connectivity index (χ0) is 13.9. The zero-order valence-corrected chi connectivity index (χ0v) is 13.1. The van der Waals surface area contributed by atoms with Gasteiger partial charge in [0, 0.05) is 12.2 Å². The van der Waals surface area contributed by atoms with Crippen molar-refractivity contribution in [1.29, 1.82) is 0 Å². The highest BCUT2D eigenvalue weighted by molar-refractivity contribution is 8.00. The molecule has 0 fully saturated rings. The Labute approximate surface area is 127 Å². The van der Waals surface area contributed by atoms with E-state index in [-0.39, 0.29) is 0 Å². The second-order valence-electron chi connectivity index (χ2n) is 4.71. The first-order chi connectivity index (χ1) is 9.74. The molecule has 102 valence electrons. The van der Waals surface area contributed by atoms with Gasteiger partial charge in [-0.2, -0.15) is 0 Å². The SMILES string of the molecule is CSc1nc2ccc(NCc3cccc(C)c3)cc2s1. The van der Waals surface area contributed by atoms with Crippen molar-refractivity contribution in [2.24, 2.45) is 0 Å². The predicted molar refractivity (Wildman–Crippen MR) is 89.9 cm³/mol. The van der Waals surface area contributed by atoms with Crippen molar-refractivity contribution in [3.8, 4) is 0 Å². The molecule has 3 rings (SSSR count). The van der Waals surface area contributed by atoms with E-state index in [1.54, 1.807) is 23.1 Å². The highest BCUT2D eigenvalue weighted by Gasteiger charge is 2.03. The van der Waals surface area contributed by atoms with Crippen molar-refractivity contribution in [1.82, 2.24) is 4.98 Å². The van der Waals surface area contributed by atoms with Crippen LogP contribution >= 0.6 is 23.1 Å². The molecule has 0 spiro atoms. The van der Waals surface area contributed by atoms with Crippen LogP contribution < -0.4 is 5.32 Å². The van der Waals surface area contributed by atoms with Crippen LogP contribution in [0.4, 0.5) is 5.69 Å². The van der Waals surface area contributed by atoms with Crippen LogP contribution in [0.15, 0.2) is 46.8 Å². The number of hydrogen-bond donors (Lipinski definition) is 1. The molecule has 3 aromatic rings. The number of hydrogen-bond acceptors (Lipinski definition) is 4. The second-order valence-corrected chi connectivity index (χ2v) is 6.79. The molecule has 0 saturated heterocycles. The van der Waals surface area contributed by atoms with Crippen molar-refractivity contribution in [3.63, 3.8) is 0 Å². The summed E-state index contributed by atoms with van der Waals surface area (Å²) in [6.07, 6.45) is 2.06. The fraction of sp³-hybridized carbons (Fsp3) is 0.188. The van der Waals surface area contributed by atoms with Gasteiger partial charge in [0.05, 0.1) is 10.2 Å². The summed E-state index contributed by atoms with van der Waals surface area (Å²) in [6, 6.07) is 15.0. The molecule has 1 heterocycles. The predicted octanol–water partition coefficient (Wildman–Crippen LogP) is 4.94. The van der Waals surface area contributed by atoms with Crippen molar-refractivity contribution in [3.05, 3.63) is 53.6 Å². The van der Waals surface area contributed by atoms with Crippen LogP contribution in [0, 0.1) is 6.92 Å². The largest absolute Gasteiger partial charge is 0.381 e. The minimum Gasteiger partial charge on any atom is -0.381 e. The van der Waals surface area contributed by atoms with Gasteiger partial charge in [-0.3, -0.25) is 0 Å². The third-order valence-corrected chi connectivity index (χ3v) is 5.13. The van der Waals surface area contributed by atoms with Gasteiger partial charge < -0.3 is 5.32 Å². The highest BCUT2D eigenvalue weighted by Crippen LogP contribution is 2.30. The van der Waals surface area contributed by atoms with Crippen molar-refractivity contribution in [2.45, 2.75) is 17.8 Å². The molecule has 0 saturated carbocycles. The van der Waals surface area contributed by atoms with Crippen LogP contribution in [-0.2, 0) is 6.54 Å². The number of benzene rings is 2. The van der Waals surface area contributed by atoms with Crippen LogP contribution in [0.3, 0.4) is 0 Å². The van der Waals surface area contributed by atoms with E-state index in [9.17, 15) is 0 Å². The highest BCUT2D eigenvalue weighted by atomic mass is 32.2. The van der Waals surface area contributed by atoms with E-state index in [1.165, 1.54) is 15.8 Å². The number of thioether (sulfide) groups is 1. The van der Waals surface area contributed by atoms with Crippen LogP contribution in [0.2, 0.25) is 0 Å². The van der Waals surface area contributed by atoms with E-state index >= 15 is 0 Å².